The number of nitrogens with one attached hydrogen (secondary N) is 1. The minimum Gasteiger partial charge on any atom is -0.481 e. The van der Waals surface area contributed by atoms with Crippen LogP contribution in [0.5, 0.6) is 0 Å². The Hall–Kier alpha value is -1.65. The summed E-state index contributed by atoms with van der Waals surface area (Å²) < 4.78 is 0. The van der Waals surface area contributed by atoms with Gasteiger partial charge in [-0.25, -0.2) is 4.98 Å². The number of hydrogen-bond donors (Lipinski definition) is 2. The Kier molecular flexibility index (Phi) is 3.56. The van der Waals surface area contributed by atoms with Gasteiger partial charge in [-0.2, -0.15) is 5.10 Å². The van der Waals surface area contributed by atoms with Gasteiger partial charge in [-0.3, -0.25) is 9.89 Å². The van der Waals surface area contributed by atoms with Gasteiger partial charge in [0, 0.05) is 12.3 Å². The van der Waals surface area contributed by atoms with Crippen LogP contribution in [0.25, 0.3) is 0 Å². The Morgan fingerprint density at radius 2 is 2.29 bits per heavy atom. The van der Waals surface area contributed by atoms with Crippen molar-refractivity contribution in [2.24, 2.45) is 5.92 Å². The summed E-state index contributed by atoms with van der Waals surface area (Å²) in [5, 5.41) is 16.2. The Morgan fingerprint density at radius 1 is 1.53 bits per heavy atom. The van der Waals surface area contributed by atoms with Crippen LogP contribution in [0.4, 0.5) is 0 Å². The van der Waals surface area contributed by atoms with Crippen molar-refractivity contribution in [2.75, 3.05) is 0 Å². The summed E-state index contributed by atoms with van der Waals surface area (Å²) in [5.41, 5.74) is 0. The van der Waals surface area contributed by atoms with E-state index in [-0.39, 0.29) is 5.92 Å². The van der Waals surface area contributed by atoms with Crippen molar-refractivity contribution in [3.8, 4) is 0 Å². The largest absolute Gasteiger partial charge is 0.481 e. The number of nitrogens with zero attached hydrogens (tertiary/aromatic N) is 2. The molecule has 0 unspecified atom stereocenters. The molecule has 1 aromatic rings. The summed E-state index contributed by atoms with van der Waals surface area (Å²) in [7, 11) is 0. The zero-order valence-corrected chi connectivity index (χ0v) is 9.89. The van der Waals surface area contributed by atoms with Crippen LogP contribution in [0.1, 0.15) is 43.8 Å². The first-order chi connectivity index (χ1) is 8.22. The van der Waals surface area contributed by atoms with Gasteiger partial charge in [-0.05, 0) is 19.3 Å². The van der Waals surface area contributed by atoms with E-state index in [1.807, 2.05) is 12.2 Å². The summed E-state index contributed by atoms with van der Waals surface area (Å²) in [6, 6.07) is 0. The molecule has 0 saturated carbocycles. The van der Waals surface area contributed by atoms with Crippen LogP contribution in [0.3, 0.4) is 0 Å². The van der Waals surface area contributed by atoms with E-state index < -0.39 is 11.9 Å². The highest BCUT2D eigenvalue weighted by Crippen LogP contribution is 2.32. The third-order valence-corrected chi connectivity index (χ3v) is 3.12. The number of allylic oxidation sites excluding steroid dienone is 2. The van der Waals surface area contributed by atoms with Gasteiger partial charge in [-0.15, -0.1) is 0 Å². The van der Waals surface area contributed by atoms with Crippen LogP contribution in [0.15, 0.2) is 12.2 Å². The lowest BCUT2D eigenvalue weighted by molar-refractivity contribution is -0.142. The van der Waals surface area contributed by atoms with Gasteiger partial charge >= 0.3 is 5.97 Å². The fourth-order valence-electron chi connectivity index (χ4n) is 2.20. The first-order valence-corrected chi connectivity index (χ1v) is 6.01. The molecule has 0 radical (unpaired) electrons. The third-order valence-electron chi connectivity index (χ3n) is 3.12. The number of rotatable bonds is 4. The van der Waals surface area contributed by atoms with Crippen LogP contribution in [-0.2, 0) is 11.2 Å². The molecule has 0 fully saturated rings. The number of aliphatic carboxylic acids is 1. The first-order valence-electron chi connectivity index (χ1n) is 6.01. The van der Waals surface area contributed by atoms with E-state index in [0.717, 1.165) is 18.7 Å². The second-order valence-electron chi connectivity index (χ2n) is 4.38. The Balaban J connectivity index is 2.18. The van der Waals surface area contributed by atoms with Crippen molar-refractivity contribution in [1.82, 2.24) is 15.2 Å². The SMILES string of the molecule is CCCc1nc([C@@H]2CC=CC[C@@H]2C(=O)O)n[nH]1. The van der Waals surface area contributed by atoms with Crippen molar-refractivity contribution in [3.05, 3.63) is 23.8 Å². The van der Waals surface area contributed by atoms with Crippen molar-refractivity contribution in [2.45, 2.75) is 38.5 Å². The number of aryl methyl sites for hydroxylation is 1. The fraction of sp³-hybridized carbons (Fsp3) is 0.583. The molecular weight excluding hydrogens is 218 g/mol. The summed E-state index contributed by atoms with van der Waals surface area (Å²) in [6.45, 7) is 2.07. The van der Waals surface area contributed by atoms with Gasteiger partial charge in [0.25, 0.3) is 0 Å². The Morgan fingerprint density at radius 3 is 3.00 bits per heavy atom. The molecule has 5 heteroatoms. The third kappa shape index (κ3) is 2.54. The lowest BCUT2D eigenvalue weighted by Crippen LogP contribution is -2.24. The molecule has 0 amide bonds. The highest BCUT2D eigenvalue weighted by Gasteiger charge is 2.32. The van der Waals surface area contributed by atoms with Crippen LogP contribution >= 0.6 is 0 Å². The average molecular weight is 235 g/mol. The summed E-state index contributed by atoms with van der Waals surface area (Å²) >= 11 is 0. The zero-order chi connectivity index (χ0) is 12.3. The molecule has 0 spiro atoms. The minimum absolute atomic E-state index is 0.0978. The maximum absolute atomic E-state index is 11.2. The molecule has 1 aliphatic rings. The molecule has 0 saturated heterocycles. The van der Waals surface area contributed by atoms with Crippen molar-refractivity contribution >= 4 is 5.97 Å². The molecule has 1 aliphatic carbocycles. The van der Waals surface area contributed by atoms with E-state index >= 15 is 0 Å². The van der Waals surface area contributed by atoms with Gasteiger partial charge in [0.05, 0.1) is 5.92 Å². The lowest BCUT2D eigenvalue weighted by Gasteiger charge is -2.22. The van der Waals surface area contributed by atoms with E-state index in [2.05, 4.69) is 22.1 Å². The molecule has 0 aromatic carbocycles. The summed E-state index contributed by atoms with van der Waals surface area (Å²) in [4.78, 5) is 15.6. The Labute approximate surface area is 100.0 Å². The molecule has 0 aliphatic heterocycles. The topological polar surface area (TPSA) is 78.9 Å². The molecular formula is C12H17N3O2. The van der Waals surface area contributed by atoms with Crippen LogP contribution < -0.4 is 0 Å². The summed E-state index contributed by atoms with van der Waals surface area (Å²) in [5.74, 6) is 0.234. The lowest BCUT2D eigenvalue weighted by atomic mass is 9.82. The average Bonchev–Trinajstić information content (AvgIpc) is 2.78. The van der Waals surface area contributed by atoms with Crippen molar-refractivity contribution in [3.63, 3.8) is 0 Å². The number of hydrogen-bond acceptors (Lipinski definition) is 3. The van der Waals surface area contributed by atoms with E-state index in [1.165, 1.54) is 0 Å². The molecule has 2 atom stereocenters. The van der Waals surface area contributed by atoms with Gasteiger partial charge in [-0.1, -0.05) is 19.1 Å². The van der Waals surface area contributed by atoms with E-state index in [4.69, 9.17) is 0 Å². The second-order valence-corrected chi connectivity index (χ2v) is 4.38. The van der Waals surface area contributed by atoms with E-state index in [9.17, 15) is 9.90 Å². The second kappa shape index (κ2) is 5.12. The highest BCUT2D eigenvalue weighted by molar-refractivity contribution is 5.71. The minimum atomic E-state index is -0.763. The zero-order valence-electron chi connectivity index (χ0n) is 9.89. The highest BCUT2D eigenvalue weighted by atomic mass is 16.4. The van der Waals surface area contributed by atoms with Gasteiger partial charge in [0.1, 0.15) is 5.82 Å². The first kappa shape index (κ1) is 11.8. The molecule has 2 N–H and O–H groups in total. The standard InChI is InChI=1S/C12H17N3O2/c1-2-5-10-13-11(15-14-10)8-6-3-4-7-9(8)12(16)17/h3-4,8-9H,2,5-7H2,1H3,(H,16,17)(H,13,14,15)/t8-,9+/m1/s1. The number of carboxylic acid groups (broad SMARTS) is 1. The van der Waals surface area contributed by atoms with Crippen LogP contribution in [-0.4, -0.2) is 26.3 Å². The number of aromatic amines is 1. The number of carbonyl (C=O) groups is 1. The molecule has 2 rings (SSSR count). The molecule has 0 bridgehead atoms. The maximum Gasteiger partial charge on any atom is 0.307 e. The van der Waals surface area contributed by atoms with Gasteiger partial charge < -0.3 is 5.11 Å². The molecule has 92 valence electrons. The van der Waals surface area contributed by atoms with E-state index in [1.54, 1.807) is 0 Å². The molecule has 1 aromatic heterocycles. The number of H-pyrrole nitrogens is 1. The smallest absolute Gasteiger partial charge is 0.307 e. The van der Waals surface area contributed by atoms with E-state index in [0.29, 0.717) is 18.7 Å². The molecule has 5 nitrogen and oxygen atoms in total. The summed E-state index contributed by atoms with van der Waals surface area (Å²) in [6.07, 6.45) is 7.07. The normalized spacial score (nSPS) is 23.8. The van der Waals surface area contributed by atoms with Crippen molar-refractivity contribution in [1.29, 1.82) is 0 Å². The number of carboxylic acids is 1. The molecule has 17 heavy (non-hydrogen) atoms. The van der Waals surface area contributed by atoms with Gasteiger partial charge in [0.15, 0.2) is 5.82 Å². The van der Waals surface area contributed by atoms with Crippen molar-refractivity contribution < 1.29 is 9.90 Å². The Bertz CT molecular complexity index is 425. The number of aromatic nitrogens is 3. The fourth-order valence-corrected chi connectivity index (χ4v) is 2.20. The van der Waals surface area contributed by atoms with Gasteiger partial charge in [0.2, 0.25) is 0 Å². The predicted octanol–water partition coefficient (Wildman–Crippen LogP) is 1.89. The monoisotopic (exact) mass is 235 g/mol. The predicted molar refractivity (Wildman–Crippen MR) is 62.6 cm³/mol. The van der Waals surface area contributed by atoms with Crippen LogP contribution in [0.2, 0.25) is 0 Å². The quantitative estimate of drug-likeness (QED) is 0.781. The van der Waals surface area contributed by atoms with Crippen LogP contribution in [0, 0.1) is 5.92 Å². The maximum atomic E-state index is 11.2. The molecule has 1 heterocycles.